The van der Waals surface area contributed by atoms with Crippen LogP contribution >= 0.6 is 0 Å². The lowest BCUT2D eigenvalue weighted by Gasteiger charge is -2.18. The van der Waals surface area contributed by atoms with Gasteiger partial charge in [-0.15, -0.1) is 5.10 Å². The Morgan fingerprint density at radius 2 is 1.60 bits per heavy atom. The van der Waals surface area contributed by atoms with Gasteiger partial charge in [0.15, 0.2) is 5.65 Å². The lowest BCUT2D eigenvalue weighted by atomic mass is 10.2. The zero-order valence-electron chi connectivity index (χ0n) is 13.9. The highest BCUT2D eigenvalue weighted by Gasteiger charge is 2.15. The molecule has 5 heteroatoms. The molecule has 4 aromatic rings. The first kappa shape index (κ1) is 15.2. The average molecular weight is 330 g/mol. The number of anilines is 1. The first-order valence-electron chi connectivity index (χ1n) is 8.11. The zero-order valence-corrected chi connectivity index (χ0v) is 13.9. The van der Waals surface area contributed by atoms with Crippen LogP contribution in [0.25, 0.3) is 16.9 Å². The topological polar surface area (TPSA) is 53.7 Å². The van der Waals surface area contributed by atoms with Gasteiger partial charge in [-0.3, -0.25) is 0 Å². The monoisotopic (exact) mass is 330 g/mol. The van der Waals surface area contributed by atoms with Gasteiger partial charge in [0.25, 0.3) is 0 Å². The molecule has 2 heterocycles. The average Bonchev–Trinajstić information content (AvgIpc) is 2.99. The van der Waals surface area contributed by atoms with E-state index in [2.05, 4.69) is 22.2 Å². The molecule has 1 N–H and O–H groups in total. The van der Waals surface area contributed by atoms with E-state index in [1.54, 1.807) is 0 Å². The molecule has 0 aliphatic heterocycles. The summed E-state index contributed by atoms with van der Waals surface area (Å²) in [6.45, 7) is 0.736. The Morgan fingerprint density at radius 1 is 0.920 bits per heavy atom. The summed E-state index contributed by atoms with van der Waals surface area (Å²) in [6.07, 6.45) is 0. The summed E-state index contributed by atoms with van der Waals surface area (Å²) in [5.41, 5.74) is 3.22. The normalized spacial score (nSPS) is 10.9. The summed E-state index contributed by atoms with van der Waals surface area (Å²) in [5, 5.41) is 15.1. The number of hydrogen-bond acceptors (Lipinski definition) is 4. The summed E-state index contributed by atoms with van der Waals surface area (Å²) in [6, 6.07) is 23.6. The van der Waals surface area contributed by atoms with Crippen LogP contribution < -0.4 is 4.90 Å². The van der Waals surface area contributed by atoms with E-state index in [0.29, 0.717) is 11.3 Å². The van der Waals surface area contributed by atoms with Gasteiger partial charge in [0, 0.05) is 19.2 Å². The van der Waals surface area contributed by atoms with Crippen LogP contribution in [-0.2, 0) is 6.54 Å². The minimum absolute atomic E-state index is 0.0520. The minimum atomic E-state index is 0.0520. The van der Waals surface area contributed by atoms with E-state index >= 15 is 0 Å². The summed E-state index contributed by atoms with van der Waals surface area (Å²) >= 11 is 0. The van der Waals surface area contributed by atoms with E-state index in [1.807, 2.05) is 72.6 Å². The van der Waals surface area contributed by atoms with Gasteiger partial charge in [-0.2, -0.15) is 4.52 Å². The number of nitrogens with zero attached hydrogens (tertiary/aromatic N) is 4. The van der Waals surface area contributed by atoms with Crippen molar-refractivity contribution in [3.63, 3.8) is 0 Å². The molecule has 0 spiro atoms. The quantitative estimate of drug-likeness (QED) is 0.619. The Balaban J connectivity index is 1.69. The van der Waals surface area contributed by atoms with Crippen LogP contribution in [0, 0.1) is 0 Å². The first-order valence-corrected chi connectivity index (χ1v) is 8.11. The van der Waals surface area contributed by atoms with Crippen molar-refractivity contribution in [2.45, 2.75) is 6.54 Å². The third-order valence-corrected chi connectivity index (χ3v) is 4.14. The fraction of sp³-hybridized carbons (Fsp3) is 0.100. The molecule has 0 unspecified atom stereocenters. The van der Waals surface area contributed by atoms with Crippen LogP contribution in [0.2, 0.25) is 0 Å². The van der Waals surface area contributed by atoms with Crippen molar-refractivity contribution < 1.29 is 5.11 Å². The Hall–Kier alpha value is -3.34. The molecule has 0 fully saturated rings. The van der Waals surface area contributed by atoms with E-state index in [-0.39, 0.29) is 5.88 Å². The summed E-state index contributed by atoms with van der Waals surface area (Å²) in [7, 11) is 1.98. The van der Waals surface area contributed by atoms with Crippen molar-refractivity contribution in [2.24, 2.45) is 0 Å². The molecule has 25 heavy (non-hydrogen) atoms. The van der Waals surface area contributed by atoms with Gasteiger partial charge in [0.05, 0.1) is 0 Å². The lowest BCUT2D eigenvalue weighted by molar-refractivity contribution is 0.441. The molecule has 0 atom stereocenters. The second-order valence-corrected chi connectivity index (χ2v) is 5.95. The van der Waals surface area contributed by atoms with Crippen molar-refractivity contribution in [3.05, 3.63) is 78.4 Å². The molecule has 2 aromatic carbocycles. The number of aromatic nitrogens is 3. The third-order valence-electron chi connectivity index (χ3n) is 4.14. The van der Waals surface area contributed by atoms with Gasteiger partial charge >= 0.3 is 0 Å². The SMILES string of the molecule is CN(Cc1ccccc1)c1ccc2nc(-c3ccccc3)c(O)n2n1. The van der Waals surface area contributed by atoms with Crippen molar-refractivity contribution in [1.82, 2.24) is 14.6 Å². The molecule has 124 valence electrons. The molecule has 0 saturated carbocycles. The number of aromatic hydroxyl groups is 1. The van der Waals surface area contributed by atoms with Gasteiger partial charge in [-0.05, 0) is 17.7 Å². The van der Waals surface area contributed by atoms with Crippen molar-refractivity contribution in [2.75, 3.05) is 11.9 Å². The molecular formula is C20H18N4O. The van der Waals surface area contributed by atoms with Crippen molar-refractivity contribution in [1.29, 1.82) is 0 Å². The van der Waals surface area contributed by atoms with Gasteiger partial charge < -0.3 is 10.0 Å². The van der Waals surface area contributed by atoms with Gasteiger partial charge in [0.1, 0.15) is 11.5 Å². The second kappa shape index (κ2) is 6.28. The van der Waals surface area contributed by atoms with Gasteiger partial charge in [-0.25, -0.2) is 4.98 Å². The van der Waals surface area contributed by atoms with Crippen LogP contribution in [0.4, 0.5) is 5.82 Å². The Morgan fingerprint density at radius 3 is 2.32 bits per heavy atom. The maximum atomic E-state index is 10.6. The molecule has 0 aliphatic carbocycles. The Bertz CT molecular complexity index is 996. The molecular weight excluding hydrogens is 312 g/mol. The maximum absolute atomic E-state index is 10.6. The highest BCUT2D eigenvalue weighted by molar-refractivity contribution is 5.68. The fourth-order valence-corrected chi connectivity index (χ4v) is 2.84. The molecule has 5 nitrogen and oxygen atoms in total. The van der Waals surface area contributed by atoms with E-state index in [4.69, 9.17) is 0 Å². The fourth-order valence-electron chi connectivity index (χ4n) is 2.84. The highest BCUT2D eigenvalue weighted by Crippen LogP contribution is 2.29. The Labute approximate surface area is 145 Å². The minimum Gasteiger partial charge on any atom is -0.492 e. The number of fused-ring (bicyclic) bond motifs is 1. The molecule has 0 aliphatic rings. The van der Waals surface area contributed by atoms with E-state index in [9.17, 15) is 5.11 Å². The summed E-state index contributed by atoms with van der Waals surface area (Å²) < 4.78 is 1.49. The molecule has 2 aromatic heterocycles. The summed E-state index contributed by atoms with van der Waals surface area (Å²) in [5.74, 6) is 0.819. The zero-order chi connectivity index (χ0) is 17.2. The Kier molecular flexibility index (Phi) is 3.82. The smallest absolute Gasteiger partial charge is 0.241 e. The number of benzene rings is 2. The maximum Gasteiger partial charge on any atom is 0.241 e. The predicted molar refractivity (Wildman–Crippen MR) is 98.6 cm³/mol. The molecule has 0 amide bonds. The third kappa shape index (κ3) is 2.92. The molecule has 0 radical (unpaired) electrons. The predicted octanol–water partition coefficient (Wildman–Crippen LogP) is 3.74. The van der Waals surface area contributed by atoms with Crippen LogP contribution in [-0.4, -0.2) is 26.8 Å². The van der Waals surface area contributed by atoms with Gasteiger partial charge in [-0.1, -0.05) is 60.7 Å². The summed E-state index contributed by atoms with van der Waals surface area (Å²) in [4.78, 5) is 6.54. The number of hydrogen-bond donors (Lipinski definition) is 1. The largest absolute Gasteiger partial charge is 0.492 e. The van der Waals surface area contributed by atoms with E-state index in [0.717, 1.165) is 17.9 Å². The lowest BCUT2D eigenvalue weighted by Crippen LogP contribution is -2.18. The van der Waals surface area contributed by atoms with Crippen LogP contribution in [0.15, 0.2) is 72.8 Å². The molecule has 0 bridgehead atoms. The van der Waals surface area contributed by atoms with Crippen LogP contribution in [0.1, 0.15) is 5.56 Å². The highest BCUT2D eigenvalue weighted by atomic mass is 16.3. The number of imidazole rings is 1. The molecule has 4 rings (SSSR count). The van der Waals surface area contributed by atoms with E-state index in [1.165, 1.54) is 10.1 Å². The first-order chi connectivity index (χ1) is 12.2. The van der Waals surface area contributed by atoms with Gasteiger partial charge in [0.2, 0.25) is 5.88 Å². The van der Waals surface area contributed by atoms with E-state index < -0.39 is 0 Å². The second-order valence-electron chi connectivity index (χ2n) is 5.95. The molecule has 0 saturated heterocycles. The van der Waals surface area contributed by atoms with Crippen LogP contribution in [0.3, 0.4) is 0 Å². The van der Waals surface area contributed by atoms with Crippen molar-refractivity contribution >= 4 is 11.5 Å². The van der Waals surface area contributed by atoms with Crippen molar-refractivity contribution in [3.8, 4) is 17.1 Å². The standard InChI is InChI=1S/C20H18N4O/c1-23(14-15-8-4-2-5-9-15)18-13-12-17-21-19(20(25)24(17)22-18)16-10-6-3-7-11-16/h2-13,25H,14H2,1H3. The number of rotatable bonds is 4. The van der Waals surface area contributed by atoms with Crippen LogP contribution in [0.5, 0.6) is 5.88 Å².